The predicted molar refractivity (Wildman–Crippen MR) is 89.0 cm³/mol. The Kier molecular flexibility index (Phi) is 4.99. The summed E-state index contributed by atoms with van der Waals surface area (Å²) in [6.07, 6.45) is 2.19. The molecule has 0 aliphatic rings. The van der Waals surface area contributed by atoms with Gasteiger partial charge in [0, 0.05) is 11.4 Å². The van der Waals surface area contributed by atoms with Crippen LogP contribution in [-0.2, 0) is 6.42 Å². The number of nitrogens with one attached hydrogen (secondary N) is 2. The summed E-state index contributed by atoms with van der Waals surface area (Å²) in [5.74, 6) is 0. The first-order valence-electron chi connectivity index (χ1n) is 7.32. The Hall–Kier alpha value is -2.29. The van der Waals surface area contributed by atoms with Gasteiger partial charge in [-0.2, -0.15) is 0 Å². The Labute approximate surface area is 126 Å². The quantitative estimate of drug-likeness (QED) is 0.822. The maximum Gasteiger partial charge on any atom is 0.323 e. The largest absolute Gasteiger partial charge is 0.323 e. The minimum Gasteiger partial charge on any atom is -0.308 e. The van der Waals surface area contributed by atoms with Gasteiger partial charge in [0.1, 0.15) is 0 Å². The highest BCUT2D eigenvalue weighted by Gasteiger charge is 2.03. The van der Waals surface area contributed by atoms with Crippen molar-refractivity contribution in [2.45, 2.75) is 33.6 Å². The summed E-state index contributed by atoms with van der Waals surface area (Å²) in [4.78, 5) is 12.0. The third-order valence-electron chi connectivity index (χ3n) is 3.23. The molecule has 3 nitrogen and oxygen atoms in total. The fraction of sp³-hybridized carbons (Fsp3) is 0.278. The van der Waals surface area contributed by atoms with Crippen molar-refractivity contribution in [2.75, 3.05) is 10.6 Å². The fourth-order valence-corrected chi connectivity index (χ4v) is 2.38. The summed E-state index contributed by atoms with van der Waals surface area (Å²) >= 11 is 0. The molecule has 0 saturated carbocycles. The van der Waals surface area contributed by atoms with Gasteiger partial charge in [-0.3, -0.25) is 0 Å². The average molecular weight is 282 g/mol. The fourth-order valence-electron chi connectivity index (χ4n) is 2.38. The first kappa shape index (κ1) is 15.1. The predicted octanol–water partition coefficient (Wildman–Crippen LogP) is 4.90. The summed E-state index contributed by atoms with van der Waals surface area (Å²) < 4.78 is 0. The molecule has 0 fully saturated rings. The van der Waals surface area contributed by atoms with E-state index in [1.54, 1.807) is 0 Å². The molecule has 0 bridgehead atoms. The van der Waals surface area contributed by atoms with E-state index in [0.29, 0.717) is 0 Å². The molecule has 2 amide bonds. The number of carbonyl (C=O) groups is 1. The highest BCUT2D eigenvalue weighted by Crippen LogP contribution is 2.15. The molecule has 0 saturated heterocycles. The first-order chi connectivity index (χ1) is 10.1. The van der Waals surface area contributed by atoms with Gasteiger partial charge in [-0.05, 0) is 61.2 Å². The molecule has 0 radical (unpaired) electrons. The molecule has 2 aromatic rings. The maximum absolute atomic E-state index is 12.0. The Morgan fingerprint density at radius 2 is 1.48 bits per heavy atom. The molecule has 0 aliphatic heterocycles. The summed E-state index contributed by atoms with van der Waals surface area (Å²) in [6.45, 7) is 6.19. The zero-order valence-electron chi connectivity index (χ0n) is 12.9. The van der Waals surface area contributed by atoms with Crippen LogP contribution in [-0.4, -0.2) is 6.03 Å². The SMILES string of the molecule is CCCc1ccc(NC(=O)Nc2cc(C)cc(C)c2)cc1. The van der Waals surface area contributed by atoms with E-state index in [1.165, 1.54) is 5.56 Å². The van der Waals surface area contributed by atoms with Gasteiger partial charge in [-0.15, -0.1) is 0 Å². The lowest BCUT2D eigenvalue weighted by atomic mass is 10.1. The Morgan fingerprint density at radius 3 is 2.05 bits per heavy atom. The molecule has 2 N–H and O–H groups in total. The van der Waals surface area contributed by atoms with Gasteiger partial charge in [-0.1, -0.05) is 31.5 Å². The third-order valence-corrected chi connectivity index (χ3v) is 3.23. The molecule has 0 aliphatic carbocycles. The van der Waals surface area contributed by atoms with E-state index >= 15 is 0 Å². The van der Waals surface area contributed by atoms with Crippen LogP contribution in [0.2, 0.25) is 0 Å². The van der Waals surface area contributed by atoms with Crippen molar-refractivity contribution in [3.05, 3.63) is 59.2 Å². The van der Waals surface area contributed by atoms with E-state index in [2.05, 4.69) is 35.8 Å². The van der Waals surface area contributed by atoms with Crippen LogP contribution in [0.1, 0.15) is 30.0 Å². The molecular weight excluding hydrogens is 260 g/mol. The zero-order chi connectivity index (χ0) is 15.2. The van der Waals surface area contributed by atoms with E-state index in [0.717, 1.165) is 35.3 Å². The number of anilines is 2. The summed E-state index contributed by atoms with van der Waals surface area (Å²) in [6, 6.07) is 13.7. The van der Waals surface area contributed by atoms with E-state index in [9.17, 15) is 4.79 Å². The lowest BCUT2D eigenvalue weighted by Gasteiger charge is -2.09. The monoisotopic (exact) mass is 282 g/mol. The molecule has 3 heteroatoms. The van der Waals surface area contributed by atoms with Crippen molar-refractivity contribution in [1.29, 1.82) is 0 Å². The second-order valence-corrected chi connectivity index (χ2v) is 5.40. The standard InChI is InChI=1S/C18H22N2O/c1-4-5-15-6-8-16(9-7-15)19-18(21)20-17-11-13(2)10-14(3)12-17/h6-12H,4-5H2,1-3H3,(H2,19,20,21). The number of carbonyl (C=O) groups excluding carboxylic acids is 1. The van der Waals surface area contributed by atoms with Gasteiger partial charge in [0.05, 0.1) is 0 Å². The lowest BCUT2D eigenvalue weighted by molar-refractivity contribution is 0.262. The van der Waals surface area contributed by atoms with Gasteiger partial charge in [0.25, 0.3) is 0 Å². The van der Waals surface area contributed by atoms with Crippen molar-refractivity contribution in [1.82, 2.24) is 0 Å². The van der Waals surface area contributed by atoms with Gasteiger partial charge in [-0.25, -0.2) is 4.79 Å². The van der Waals surface area contributed by atoms with Crippen LogP contribution in [0.4, 0.5) is 16.2 Å². The smallest absolute Gasteiger partial charge is 0.308 e. The van der Waals surface area contributed by atoms with Crippen molar-refractivity contribution in [3.63, 3.8) is 0 Å². The van der Waals surface area contributed by atoms with Crippen molar-refractivity contribution >= 4 is 17.4 Å². The van der Waals surface area contributed by atoms with Crippen LogP contribution in [0.3, 0.4) is 0 Å². The van der Waals surface area contributed by atoms with E-state index in [1.807, 2.05) is 38.1 Å². The van der Waals surface area contributed by atoms with E-state index in [4.69, 9.17) is 0 Å². The normalized spacial score (nSPS) is 10.2. The first-order valence-corrected chi connectivity index (χ1v) is 7.32. The summed E-state index contributed by atoms with van der Waals surface area (Å²) in [7, 11) is 0. The molecule has 2 aromatic carbocycles. The summed E-state index contributed by atoms with van der Waals surface area (Å²) in [5, 5.41) is 5.71. The van der Waals surface area contributed by atoms with Crippen molar-refractivity contribution < 1.29 is 4.79 Å². The Bertz CT molecular complexity index is 597. The molecule has 21 heavy (non-hydrogen) atoms. The molecule has 0 unspecified atom stereocenters. The zero-order valence-corrected chi connectivity index (χ0v) is 12.9. The number of rotatable bonds is 4. The molecule has 0 spiro atoms. The van der Waals surface area contributed by atoms with E-state index in [-0.39, 0.29) is 6.03 Å². The van der Waals surface area contributed by atoms with Gasteiger partial charge < -0.3 is 10.6 Å². The number of amides is 2. The molecule has 0 heterocycles. The van der Waals surface area contributed by atoms with Gasteiger partial charge in [0.2, 0.25) is 0 Å². The van der Waals surface area contributed by atoms with Crippen molar-refractivity contribution in [3.8, 4) is 0 Å². The van der Waals surface area contributed by atoms with Crippen molar-refractivity contribution in [2.24, 2.45) is 0 Å². The molecule has 2 rings (SSSR count). The van der Waals surface area contributed by atoms with Crippen LogP contribution in [0.5, 0.6) is 0 Å². The number of urea groups is 1. The highest BCUT2D eigenvalue weighted by molar-refractivity contribution is 5.99. The molecule has 0 atom stereocenters. The van der Waals surface area contributed by atoms with Crippen LogP contribution in [0.25, 0.3) is 0 Å². The summed E-state index contributed by atoms with van der Waals surface area (Å²) in [5.41, 5.74) is 5.17. The van der Waals surface area contributed by atoms with Gasteiger partial charge >= 0.3 is 6.03 Å². The molecule has 110 valence electrons. The topological polar surface area (TPSA) is 41.1 Å². The van der Waals surface area contributed by atoms with E-state index < -0.39 is 0 Å². The highest BCUT2D eigenvalue weighted by atomic mass is 16.2. The minimum atomic E-state index is -0.219. The van der Waals surface area contributed by atoms with Crippen LogP contribution >= 0.6 is 0 Å². The lowest BCUT2D eigenvalue weighted by Crippen LogP contribution is -2.19. The number of aryl methyl sites for hydroxylation is 3. The molecule has 0 aromatic heterocycles. The second-order valence-electron chi connectivity index (χ2n) is 5.40. The van der Waals surface area contributed by atoms with Crippen LogP contribution < -0.4 is 10.6 Å². The number of hydrogen-bond donors (Lipinski definition) is 2. The Balaban J connectivity index is 1.97. The Morgan fingerprint density at radius 1 is 0.905 bits per heavy atom. The maximum atomic E-state index is 12.0. The van der Waals surface area contributed by atoms with Gasteiger partial charge in [0.15, 0.2) is 0 Å². The average Bonchev–Trinajstić information content (AvgIpc) is 2.40. The second kappa shape index (κ2) is 6.93. The molecular formula is C18H22N2O. The minimum absolute atomic E-state index is 0.219. The number of benzene rings is 2. The van der Waals surface area contributed by atoms with Crippen LogP contribution in [0, 0.1) is 13.8 Å². The van der Waals surface area contributed by atoms with Crippen LogP contribution in [0.15, 0.2) is 42.5 Å². The number of hydrogen-bond acceptors (Lipinski definition) is 1. The third kappa shape index (κ3) is 4.63.